The van der Waals surface area contributed by atoms with Crippen molar-refractivity contribution in [1.82, 2.24) is 10.2 Å². The molecule has 0 bridgehead atoms. The van der Waals surface area contributed by atoms with Gasteiger partial charge in [0.05, 0.1) is 6.61 Å². The molecule has 2 aliphatic rings. The summed E-state index contributed by atoms with van der Waals surface area (Å²) in [7, 11) is 0. The molecule has 0 amide bonds. The van der Waals surface area contributed by atoms with Gasteiger partial charge in [0.25, 0.3) is 0 Å². The van der Waals surface area contributed by atoms with Gasteiger partial charge < -0.3 is 10.1 Å². The zero-order valence-corrected chi connectivity index (χ0v) is 10.7. The highest BCUT2D eigenvalue weighted by Gasteiger charge is 2.24. The molecule has 3 heteroatoms. The molecule has 2 fully saturated rings. The Bertz CT molecular complexity index is 178. The summed E-state index contributed by atoms with van der Waals surface area (Å²) < 4.78 is 5.47. The van der Waals surface area contributed by atoms with Crippen molar-refractivity contribution in [2.75, 3.05) is 32.8 Å². The standard InChI is InChI=1S/C13H26N2O/c1-11(2)15(8-12-5-7-16-10-12)9-13-4-3-6-14-13/h11-14H,3-10H2,1-2H3. The molecule has 0 aromatic heterocycles. The van der Waals surface area contributed by atoms with Gasteiger partial charge in [-0.25, -0.2) is 0 Å². The van der Waals surface area contributed by atoms with E-state index in [1.54, 1.807) is 0 Å². The van der Waals surface area contributed by atoms with E-state index in [9.17, 15) is 0 Å². The normalized spacial score (nSPS) is 30.8. The molecule has 0 aliphatic carbocycles. The predicted octanol–water partition coefficient (Wildman–Crippen LogP) is 1.49. The Hall–Kier alpha value is -0.120. The lowest BCUT2D eigenvalue weighted by molar-refractivity contribution is 0.145. The number of hydrogen-bond acceptors (Lipinski definition) is 3. The van der Waals surface area contributed by atoms with Crippen LogP contribution in [0.15, 0.2) is 0 Å². The van der Waals surface area contributed by atoms with E-state index >= 15 is 0 Å². The number of ether oxygens (including phenoxy) is 1. The van der Waals surface area contributed by atoms with E-state index in [1.165, 1.54) is 38.9 Å². The average molecular weight is 226 g/mol. The van der Waals surface area contributed by atoms with Crippen LogP contribution in [0, 0.1) is 5.92 Å². The van der Waals surface area contributed by atoms with Gasteiger partial charge in [-0.1, -0.05) is 0 Å². The van der Waals surface area contributed by atoms with Crippen molar-refractivity contribution in [3.63, 3.8) is 0 Å². The molecule has 2 heterocycles. The molecule has 0 spiro atoms. The zero-order valence-electron chi connectivity index (χ0n) is 10.7. The second-order valence-electron chi connectivity index (χ2n) is 5.57. The average Bonchev–Trinajstić information content (AvgIpc) is 2.88. The highest BCUT2D eigenvalue weighted by molar-refractivity contribution is 4.81. The van der Waals surface area contributed by atoms with E-state index < -0.39 is 0 Å². The van der Waals surface area contributed by atoms with E-state index in [-0.39, 0.29) is 0 Å². The fraction of sp³-hybridized carbons (Fsp3) is 1.00. The molecule has 2 atom stereocenters. The Kier molecular flexibility index (Phi) is 4.62. The molecule has 94 valence electrons. The molecule has 0 aromatic carbocycles. The van der Waals surface area contributed by atoms with Gasteiger partial charge in [-0.3, -0.25) is 4.90 Å². The van der Waals surface area contributed by atoms with Crippen molar-refractivity contribution in [3.8, 4) is 0 Å². The fourth-order valence-electron chi connectivity index (χ4n) is 2.75. The molecular formula is C13H26N2O. The minimum Gasteiger partial charge on any atom is -0.381 e. The van der Waals surface area contributed by atoms with Gasteiger partial charge in [0.1, 0.15) is 0 Å². The summed E-state index contributed by atoms with van der Waals surface area (Å²) in [5.41, 5.74) is 0. The van der Waals surface area contributed by atoms with Crippen molar-refractivity contribution in [2.45, 2.75) is 45.2 Å². The minimum absolute atomic E-state index is 0.656. The summed E-state index contributed by atoms with van der Waals surface area (Å²) >= 11 is 0. The highest BCUT2D eigenvalue weighted by atomic mass is 16.5. The van der Waals surface area contributed by atoms with E-state index in [0.29, 0.717) is 6.04 Å². The first-order chi connectivity index (χ1) is 7.75. The lowest BCUT2D eigenvalue weighted by atomic mass is 10.1. The second kappa shape index (κ2) is 5.99. The van der Waals surface area contributed by atoms with Crippen molar-refractivity contribution in [2.24, 2.45) is 5.92 Å². The molecule has 0 saturated carbocycles. The summed E-state index contributed by atoms with van der Waals surface area (Å²) in [6, 6.07) is 1.38. The Labute approximate surface area is 99.5 Å². The van der Waals surface area contributed by atoms with E-state index in [4.69, 9.17) is 4.74 Å². The molecule has 1 N–H and O–H groups in total. The predicted molar refractivity (Wildman–Crippen MR) is 66.7 cm³/mol. The van der Waals surface area contributed by atoms with Crippen LogP contribution in [0.5, 0.6) is 0 Å². The quantitative estimate of drug-likeness (QED) is 0.768. The van der Waals surface area contributed by atoms with Crippen LogP contribution in [0.3, 0.4) is 0 Å². The molecule has 2 saturated heterocycles. The van der Waals surface area contributed by atoms with Crippen LogP contribution in [0.25, 0.3) is 0 Å². The molecular weight excluding hydrogens is 200 g/mol. The van der Waals surface area contributed by atoms with Gasteiger partial charge in [0.2, 0.25) is 0 Å². The van der Waals surface area contributed by atoms with Crippen LogP contribution in [-0.2, 0) is 4.74 Å². The summed E-state index contributed by atoms with van der Waals surface area (Å²) in [4.78, 5) is 2.63. The molecule has 2 unspecified atom stereocenters. The fourth-order valence-corrected chi connectivity index (χ4v) is 2.75. The summed E-state index contributed by atoms with van der Waals surface area (Å²) in [5, 5.41) is 3.59. The van der Waals surface area contributed by atoms with Gasteiger partial charge in [-0.05, 0) is 45.6 Å². The van der Waals surface area contributed by atoms with Crippen LogP contribution >= 0.6 is 0 Å². The third-order valence-electron chi connectivity index (χ3n) is 3.86. The maximum atomic E-state index is 5.47. The molecule has 0 radical (unpaired) electrons. The van der Waals surface area contributed by atoms with Crippen LogP contribution < -0.4 is 5.32 Å². The maximum absolute atomic E-state index is 5.47. The Morgan fingerprint density at radius 2 is 2.19 bits per heavy atom. The molecule has 0 aromatic rings. The van der Waals surface area contributed by atoms with Crippen molar-refractivity contribution < 1.29 is 4.74 Å². The Morgan fingerprint density at radius 3 is 2.75 bits per heavy atom. The lowest BCUT2D eigenvalue weighted by Gasteiger charge is -2.31. The first-order valence-electron chi connectivity index (χ1n) is 6.81. The summed E-state index contributed by atoms with van der Waals surface area (Å²) in [6.07, 6.45) is 3.95. The number of nitrogens with zero attached hydrogens (tertiary/aromatic N) is 1. The first-order valence-corrected chi connectivity index (χ1v) is 6.81. The third-order valence-corrected chi connectivity index (χ3v) is 3.86. The van der Waals surface area contributed by atoms with Crippen molar-refractivity contribution in [1.29, 1.82) is 0 Å². The summed E-state index contributed by atoms with van der Waals surface area (Å²) in [6.45, 7) is 10.2. The van der Waals surface area contributed by atoms with Gasteiger partial charge >= 0.3 is 0 Å². The smallest absolute Gasteiger partial charge is 0.0507 e. The Morgan fingerprint density at radius 1 is 1.31 bits per heavy atom. The van der Waals surface area contributed by atoms with E-state index in [2.05, 4.69) is 24.1 Å². The van der Waals surface area contributed by atoms with Gasteiger partial charge in [-0.2, -0.15) is 0 Å². The topological polar surface area (TPSA) is 24.5 Å². The number of nitrogens with one attached hydrogen (secondary N) is 1. The lowest BCUT2D eigenvalue weighted by Crippen LogP contribution is -2.43. The SMILES string of the molecule is CC(C)N(CC1CCOC1)CC1CCCN1. The minimum atomic E-state index is 0.656. The number of rotatable bonds is 5. The largest absolute Gasteiger partial charge is 0.381 e. The molecule has 2 rings (SSSR count). The van der Waals surface area contributed by atoms with Gasteiger partial charge in [0, 0.05) is 31.8 Å². The van der Waals surface area contributed by atoms with Gasteiger partial charge in [0.15, 0.2) is 0 Å². The van der Waals surface area contributed by atoms with Crippen molar-refractivity contribution >= 4 is 0 Å². The monoisotopic (exact) mass is 226 g/mol. The molecule has 3 nitrogen and oxygen atoms in total. The van der Waals surface area contributed by atoms with Crippen LogP contribution in [-0.4, -0.2) is 49.8 Å². The second-order valence-corrected chi connectivity index (χ2v) is 5.57. The highest BCUT2D eigenvalue weighted by Crippen LogP contribution is 2.17. The number of hydrogen-bond donors (Lipinski definition) is 1. The molecule has 2 aliphatic heterocycles. The maximum Gasteiger partial charge on any atom is 0.0507 e. The van der Waals surface area contributed by atoms with Crippen LogP contribution in [0.4, 0.5) is 0 Å². The van der Waals surface area contributed by atoms with Crippen molar-refractivity contribution in [3.05, 3.63) is 0 Å². The van der Waals surface area contributed by atoms with E-state index in [0.717, 1.165) is 25.2 Å². The van der Waals surface area contributed by atoms with Crippen LogP contribution in [0.2, 0.25) is 0 Å². The molecule has 16 heavy (non-hydrogen) atoms. The van der Waals surface area contributed by atoms with E-state index in [1.807, 2.05) is 0 Å². The zero-order chi connectivity index (χ0) is 11.4. The Balaban J connectivity index is 1.78. The summed E-state index contributed by atoms with van der Waals surface area (Å²) in [5.74, 6) is 0.767. The van der Waals surface area contributed by atoms with Gasteiger partial charge in [-0.15, -0.1) is 0 Å². The first kappa shape index (κ1) is 12.3. The van der Waals surface area contributed by atoms with Crippen LogP contribution in [0.1, 0.15) is 33.1 Å². The third kappa shape index (κ3) is 3.44.